The monoisotopic (exact) mass is 91.0 g/mol. The van der Waals surface area contributed by atoms with Crippen molar-refractivity contribution in [1.82, 2.24) is 6.15 Å². The van der Waals surface area contributed by atoms with Crippen LogP contribution in [-0.4, -0.2) is 23.1 Å². The molecule has 0 aliphatic heterocycles. The van der Waals surface area contributed by atoms with Gasteiger partial charge >= 0.3 is 23.1 Å². The zero-order chi connectivity index (χ0) is 0. The molecule has 0 aliphatic carbocycles. The summed E-state index contributed by atoms with van der Waals surface area (Å²) in [6, 6.07) is 0. The normalized spacial score (nSPS) is 0. The molecule has 0 aromatic rings. The average Bonchev–Trinajstić information content (AvgIpc) is 0. The number of hydrogen-bond acceptors (Lipinski definition) is 1. The molecule has 0 saturated heterocycles. The molecule has 4 heavy (non-hydrogen) atoms. The van der Waals surface area contributed by atoms with E-state index in [9.17, 15) is 0 Å². The molecule has 0 rings (SSSR count). The van der Waals surface area contributed by atoms with Crippen LogP contribution in [0.1, 0.15) is 0 Å². The van der Waals surface area contributed by atoms with Gasteiger partial charge in [-0.05, 0) is 0 Å². The molecule has 3 N–H and O–H groups in total. The molecule has 0 atom stereocenters. The zero-order valence-corrected chi connectivity index (χ0v) is 4.96. The van der Waals surface area contributed by atoms with E-state index in [4.69, 9.17) is 0 Å². The van der Waals surface area contributed by atoms with Gasteiger partial charge in [0.2, 0.25) is 0 Å². The van der Waals surface area contributed by atoms with Gasteiger partial charge in [-0.15, -0.1) is 0 Å². The van der Waals surface area contributed by atoms with Crippen molar-refractivity contribution >= 4 is 23.1 Å². The Morgan fingerprint density at radius 1 is 1.00 bits per heavy atom. The summed E-state index contributed by atoms with van der Waals surface area (Å²) in [5.41, 5.74) is 0. The predicted molar refractivity (Wildman–Crippen MR) is 17.2 cm³/mol. The molecule has 0 spiro atoms. The van der Waals surface area contributed by atoms with Gasteiger partial charge < -0.3 is 26.0 Å². The van der Waals surface area contributed by atoms with E-state index in [0.29, 0.717) is 0 Å². The molecule has 0 fully saturated rings. The molecule has 0 amide bonds. The zero-order valence-electron chi connectivity index (χ0n) is 2.79. The quantitative estimate of drug-likeness (QED) is 0.255. The molecule has 0 unspecified atom stereocenters. The maximum Gasteiger partial charge on any atom is 2.00 e. The summed E-state index contributed by atoms with van der Waals surface area (Å²) in [6.45, 7) is 0. The average molecular weight is 91.8 g/mol. The van der Waals surface area contributed by atoms with Crippen molar-refractivity contribution < 1.29 is 12.4 Å². The van der Waals surface area contributed by atoms with Crippen LogP contribution in [0.2, 0.25) is 0 Å². The first-order chi connectivity index (χ1) is 0. The van der Waals surface area contributed by atoms with E-state index >= 15 is 0 Å². The Hall–Kier alpha value is 1.02. The third-order valence-corrected chi connectivity index (χ3v) is 0. The van der Waals surface area contributed by atoms with E-state index in [-0.39, 0.29) is 49.0 Å². The molecule has 0 saturated carbocycles. The minimum Gasteiger partial charge on any atom is -1.00 e. The topological polar surface area (TPSA) is 35.0 Å². The Labute approximate surface area is 49.3 Å². The maximum absolute atomic E-state index is 0. The van der Waals surface area contributed by atoms with Crippen LogP contribution in [0.15, 0.2) is 0 Å². The summed E-state index contributed by atoms with van der Waals surface area (Å²) in [5.74, 6) is 0. The second kappa shape index (κ2) is 35.4. The van der Waals surface area contributed by atoms with Crippen molar-refractivity contribution in [1.29, 1.82) is 0 Å². The van der Waals surface area contributed by atoms with Crippen molar-refractivity contribution in [3.8, 4) is 0 Å². The molecule has 3 heteroatoms. The van der Waals surface area contributed by atoms with E-state index < -0.39 is 0 Å². The smallest absolute Gasteiger partial charge is 1.00 e. The minimum atomic E-state index is 0. The van der Waals surface area contributed by atoms with Gasteiger partial charge in [-0.3, -0.25) is 0 Å². The molecule has 24 valence electrons. The van der Waals surface area contributed by atoms with Gasteiger partial charge in [-0.1, -0.05) is 0 Å². The summed E-state index contributed by atoms with van der Waals surface area (Å²) >= 11 is 0. The van der Waals surface area contributed by atoms with Crippen molar-refractivity contribution in [3.05, 3.63) is 7.43 Å². The van der Waals surface area contributed by atoms with Gasteiger partial charge in [0, 0.05) is 0 Å². The van der Waals surface area contributed by atoms with Crippen molar-refractivity contribution in [2.45, 2.75) is 0 Å². The Kier molecular flexibility index (Phi) is 693. The fourth-order valence-electron chi connectivity index (χ4n) is 0. The largest absolute Gasteiger partial charge is 2.00 e. The van der Waals surface area contributed by atoms with Gasteiger partial charge in [0.1, 0.15) is 0 Å². The summed E-state index contributed by atoms with van der Waals surface area (Å²) in [4.78, 5) is 0. The van der Waals surface area contributed by atoms with E-state index in [1.165, 1.54) is 0 Å². The summed E-state index contributed by atoms with van der Waals surface area (Å²) in [6.07, 6.45) is 0. The minimum absolute atomic E-state index is 0. The third kappa shape index (κ3) is 11.9. The molecule has 0 radical (unpaired) electrons. The van der Waals surface area contributed by atoms with Crippen LogP contribution >= 0.6 is 0 Å². The van der Waals surface area contributed by atoms with Crippen LogP contribution in [0.4, 0.5) is 0 Å². The first kappa shape index (κ1) is 78.3. The Morgan fingerprint density at radius 3 is 1.00 bits per heavy atom. The Bertz CT molecular complexity index is 8.00. The molecule has 0 aliphatic rings. The van der Waals surface area contributed by atoms with Crippen molar-refractivity contribution in [2.75, 3.05) is 0 Å². The number of hydrogen-bond donors (Lipinski definition) is 1. The van der Waals surface area contributed by atoms with Crippen LogP contribution in [-0.2, 0) is 0 Å². The van der Waals surface area contributed by atoms with Gasteiger partial charge in [0.25, 0.3) is 0 Å². The molecule has 0 aromatic carbocycles. The van der Waals surface area contributed by atoms with Crippen LogP contribution < -0.4 is 18.6 Å². The predicted octanol–water partition coefficient (Wildman–Crippen LogP) is -2.76. The SMILES string of the molecule is N.[CH3-].[Cl-].[Mg+2]. The standard InChI is InChI=1S/CH3.ClH.Mg.H3N/h1H3;1H;;1H3/q-1;;+2;/p-1. The summed E-state index contributed by atoms with van der Waals surface area (Å²) in [5, 5.41) is 0. The molecular formula is CH6ClMgN. The number of rotatable bonds is 0. The van der Waals surface area contributed by atoms with Gasteiger partial charge in [0.15, 0.2) is 0 Å². The second-order valence-electron chi connectivity index (χ2n) is 0. The van der Waals surface area contributed by atoms with Gasteiger partial charge in [-0.25, -0.2) is 0 Å². The van der Waals surface area contributed by atoms with Gasteiger partial charge in [-0.2, -0.15) is 0 Å². The second-order valence-corrected chi connectivity index (χ2v) is 0. The molecule has 0 bridgehead atoms. The fraction of sp³-hybridized carbons (Fsp3) is 0. The molecular weight excluding hydrogens is 85.8 g/mol. The summed E-state index contributed by atoms with van der Waals surface area (Å²) < 4.78 is 0. The number of halogens is 1. The molecule has 1 nitrogen and oxygen atoms in total. The first-order valence-electron chi connectivity index (χ1n) is 0. The van der Waals surface area contributed by atoms with E-state index in [1.807, 2.05) is 0 Å². The van der Waals surface area contributed by atoms with Gasteiger partial charge in [0.05, 0.1) is 0 Å². The van der Waals surface area contributed by atoms with Crippen LogP contribution in [0.5, 0.6) is 0 Å². The van der Waals surface area contributed by atoms with E-state index in [1.54, 1.807) is 0 Å². The fourth-order valence-corrected chi connectivity index (χ4v) is 0. The van der Waals surface area contributed by atoms with Crippen molar-refractivity contribution in [3.63, 3.8) is 0 Å². The maximum atomic E-state index is 0. The third-order valence-electron chi connectivity index (χ3n) is 0. The van der Waals surface area contributed by atoms with Crippen LogP contribution in [0.25, 0.3) is 0 Å². The Balaban J connectivity index is 0. The van der Waals surface area contributed by atoms with Crippen LogP contribution in [0.3, 0.4) is 0 Å². The van der Waals surface area contributed by atoms with E-state index in [2.05, 4.69) is 0 Å². The molecule has 0 heterocycles. The Morgan fingerprint density at radius 2 is 1.00 bits per heavy atom. The van der Waals surface area contributed by atoms with Crippen molar-refractivity contribution in [2.24, 2.45) is 0 Å². The molecule has 0 aromatic heterocycles. The van der Waals surface area contributed by atoms with E-state index in [0.717, 1.165) is 0 Å². The van der Waals surface area contributed by atoms with Crippen LogP contribution in [0, 0.1) is 7.43 Å². The first-order valence-corrected chi connectivity index (χ1v) is 0. The summed E-state index contributed by atoms with van der Waals surface area (Å²) in [7, 11) is 0.